The summed E-state index contributed by atoms with van der Waals surface area (Å²) in [7, 11) is 0. The zero-order chi connectivity index (χ0) is 9.52. The second-order valence-corrected chi connectivity index (χ2v) is 3.78. The molecule has 0 aliphatic carbocycles. The molecule has 0 atom stereocenters. The Hall–Kier alpha value is -0.570. The van der Waals surface area contributed by atoms with Gasteiger partial charge in [0.1, 0.15) is 0 Å². The van der Waals surface area contributed by atoms with Crippen LogP contribution in [0.15, 0.2) is 0 Å². The third kappa shape index (κ3) is 4.27. The number of hydrogen-bond donors (Lipinski definition) is 2. The van der Waals surface area contributed by atoms with Gasteiger partial charge in [0.25, 0.3) is 0 Å². The van der Waals surface area contributed by atoms with E-state index in [2.05, 4.69) is 5.32 Å². The summed E-state index contributed by atoms with van der Waals surface area (Å²) < 4.78 is 0. The van der Waals surface area contributed by atoms with Crippen molar-refractivity contribution in [2.24, 2.45) is 5.92 Å². The molecule has 1 aliphatic heterocycles. The van der Waals surface area contributed by atoms with Crippen molar-refractivity contribution in [3.05, 3.63) is 0 Å². The highest BCUT2D eigenvalue weighted by Gasteiger charge is 2.16. The zero-order valence-electron chi connectivity index (χ0n) is 8.09. The van der Waals surface area contributed by atoms with Gasteiger partial charge < -0.3 is 10.4 Å². The molecule has 1 fully saturated rings. The average Bonchev–Trinajstić information content (AvgIpc) is 2.14. The van der Waals surface area contributed by atoms with E-state index in [4.69, 9.17) is 5.11 Å². The summed E-state index contributed by atoms with van der Waals surface area (Å²) in [4.78, 5) is 10.8. The van der Waals surface area contributed by atoms with E-state index in [0.717, 1.165) is 51.6 Å². The summed E-state index contributed by atoms with van der Waals surface area (Å²) >= 11 is 0. The molecule has 1 rings (SSSR count). The number of rotatable bonds is 1. The van der Waals surface area contributed by atoms with Gasteiger partial charge in [0.15, 0.2) is 0 Å². The average molecular weight is 185 g/mol. The summed E-state index contributed by atoms with van der Waals surface area (Å²) in [5, 5.41) is 12.3. The van der Waals surface area contributed by atoms with Crippen LogP contribution in [-0.2, 0) is 4.79 Å². The molecule has 0 amide bonds. The number of carbonyl (C=O) groups is 1. The fourth-order valence-electron chi connectivity index (χ4n) is 1.80. The van der Waals surface area contributed by atoms with E-state index < -0.39 is 5.97 Å². The first-order valence-electron chi connectivity index (χ1n) is 5.24. The van der Waals surface area contributed by atoms with Gasteiger partial charge in [-0.3, -0.25) is 4.79 Å². The number of carboxylic acid groups (broad SMARTS) is 1. The SMILES string of the molecule is O=C(O)C1CCCCNCCCC1. The number of hydrogen-bond acceptors (Lipinski definition) is 2. The molecule has 0 unspecified atom stereocenters. The molecule has 1 heterocycles. The van der Waals surface area contributed by atoms with Crippen LogP contribution in [0.25, 0.3) is 0 Å². The van der Waals surface area contributed by atoms with Crippen LogP contribution in [-0.4, -0.2) is 24.2 Å². The van der Waals surface area contributed by atoms with E-state index in [9.17, 15) is 4.79 Å². The van der Waals surface area contributed by atoms with Gasteiger partial charge in [-0.1, -0.05) is 12.8 Å². The topological polar surface area (TPSA) is 49.3 Å². The lowest BCUT2D eigenvalue weighted by atomic mass is 9.95. The summed E-state index contributed by atoms with van der Waals surface area (Å²) in [5.41, 5.74) is 0. The second-order valence-electron chi connectivity index (χ2n) is 3.78. The van der Waals surface area contributed by atoms with E-state index in [-0.39, 0.29) is 5.92 Å². The smallest absolute Gasteiger partial charge is 0.306 e. The van der Waals surface area contributed by atoms with E-state index >= 15 is 0 Å². The van der Waals surface area contributed by atoms with Gasteiger partial charge in [-0.15, -0.1) is 0 Å². The first-order chi connectivity index (χ1) is 6.30. The van der Waals surface area contributed by atoms with Gasteiger partial charge in [0.2, 0.25) is 0 Å². The van der Waals surface area contributed by atoms with Crippen molar-refractivity contribution in [3.63, 3.8) is 0 Å². The van der Waals surface area contributed by atoms with Crippen LogP contribution in [0.3, 0.4) is 0 Å². The highest BCUT2D eigenvalue weighted by Crippen LogP contribution is 2.16. The maximum Gasteiger partial charge on any atom is 0.306 e. The van der Waals surface area contributed by atoms with Crippen molar-refractivity contribution in [2.45, 2.75) is 38.5 Å². The van der Waals surface area contributed by atoms with E-state index in [1.807, 2.05) is 0 Å². The maximum absolute atomic E-state index is 10.8. The Morgan fingerprint density at radius 3 is 2.08 bits per heavy atom. The third-order valence-electron chi connectivity index (χ3n) is 2.66. The summed E-state index contributed by atoms with van der Waals surface area (Å²) in [6, 6.07) is 0. The van der Waals surface area contributed by atoms with Crippen molar-refractivity contribution in [3.8, 4) is 0 Å². The van der Waals surface area contributed by atoms with Crippen LogP contribution in [0.4, 0.5) is 0 Å². The molecule has 0 aromatic heterocycles. The molecule has 76 valence electrons. The van der Waals surface area contributed by atoms with Crippen LogP contribution in [0, 0.1) is 5.92 Å². The van der Waals surface area contributed by atoms with Crippen LogP contribution in [0.5, 0.6) is 0 Å². The Morgan fingerprint density at radius 1 is 1.08 bits per heavy atom. The number of carboxylic acids is 1. The number of aliphatic carboxylic acids is 1. The van der Waals surface area contributed by atoms with E-state index in [1.54, 1.807) is 0 Å². The van der Waals surface area contributed by atoms with Crippen molar-refractivity contribution in [1.29, 1.82) is 0 Å². The van der Waals surface area contributed by atoms with Crippen LogP contribution in [0.2, 0.25) is 0 Å². The Kier molecular flexibility index (Phi) is 4.83. The molecule has 0 aromatic rings. The van der Waals surface area contributed by atoms with Crippen molar-refractivity contribution < 1.29 is 9.90 Å². The van der Waals surface area contributed by atoms with E-state index in [1.165, 1.54) is 0 Å². The normalized spacial score (nSPS) is 22.5. The first-order valence-corrected chi connectivity index (χ1v) is 5.24. The minimum absolute atomic E-state index is 0.0851. The minimum atomic E-state index is -0.603. The van der Waals surface area contributed by atoms with Crippen LogP contribution in [0.1, 0.15) is 38.5 Å². The Bertz CT molecular complexity index is 149. The molecule has 1 aliphatic rings. The molecule has 3 nitrogen and oxygen atoms in total. The maximum atomic E-state index is 10.8. The van der Waals surface area contributed by atoms with Crippen LogP contribution >= 0.6 is 0 Å². The standard InChI is InChI=1S/C10H19NO2/c12-10(13)9-5-1-3-7-11-8-4-2-6-9/h9,11H,1-8H2,(H,12,13). The largest absolute Gasteiger partial charge is 0.481 e. The molecule has 2 N–H and O–H groups in total. The fraction of sp³-hybridized carbons (Fsp3) is 0.900. The van der Waals surface area contributed by atoms with Crippen molar-refractivity contribution in [1.82, 2.24) is 5.32 Å². The molecule has 13 heavy (non-hydrogen) atoms. The lowest BCUT2D eigenvalue weighted by molar-refractivity contribution is -0.142. The molecule has 3 heteroatoms. The summed E-state index contributed by atoms with van der Waals surface area (Å²) in [6.45, 7) is 2.10. The van der Waals surface area contributed by atoms with Crippen molar-refractivity contribution in [2.75, 3.05) is 13.1 Å². The van der Waals surface area contributed by atoms with E-state index in [0.29, 0.717) is 0 Å². The molecule has 0 radical (unpaired) electrons. The fourth-order valence-corrected chi connectivity index (χ4v) is 1.80. The van der Waals surface area contributed by atoms with Crippen LogP contribution < -0.4 is 5.32 Å². The molecule has 0 spiro atoms. The predicted molar refractivity (Wildman–Crippen MR) is 51.7 cm³/mol. The minimum Gasteiger partial charge on any atom is -0.481 e. The van der Waals surface area contributed by atoms with Gasteiger partial charge in [-0.05, 0) is 38.8 Å². The Labute approximate surface area is 79.5 Å². The first kappa shape index (κ1) is 10.5. The van der Waals surface area contributed by atoms with Gasteiger partial charge in [-0.25, -0.2) is 0 Å². The Balaban J connectivity index is 2.30. The molecule has 0 bridgehead atoms. The summed E-state index contributed by atoms with van der Waals surface area (Å²) in [6.07, 6.45) is 6.04. The lowest BCUT2D eigenvalue weighted by Crippen LogP contribution is -2.20. The van der Waals surface area contributed by atoms with Crippen molar-refractivity contribution >= 4 is 5.97 Å². The molecule has 1 saturated heterocycles. The van der Waals surface area contributed by atoms with Gasteiger partial charge >= 0.3 is 5.97 Å². The molecular weight excluding hydrogens is 166 g/mol. The lowest BCUT2D eigenvalue weighted by Gasteiger charge is -2.14. The number of nitrogens with one attached hydrogen (secondary N) is 1. The Morgan fingerprint density at radius 2 is 1.62 bits per heavy atom. The summed E-state index contributed by atoms with van der Waals surface area (Å²) in [5.74, 6) is -0.688. The monoisotopic (exact) mass is 185 g/mol. The highest BCUT2D eigenvalue weighted by molar-refractivity contribution is 5.69. The zero-order valence-corrected chi connectivity index (χ0v) is 8.09. The molecule has 0 saturated carbocycles. The quantitative estimate of drug-likeness (QED) is 0.652. The van der Waals surface area contributed by atoms with Gasteiger partial charge in [0.05, 0.1) is 5.92 Å². The molecule has 0 aromatic carbocycles. The van der Waals surface area contributed by atoms with Gasteiger partial charge in [0, 0.05) is 0 Å². The third-order valence-corrected chi connectivity index (χ3v) is 2.66. The molecular formula is C10H19NO2. The highest BCUT2D eigenvalue weighted by atomic mass is 16.4. The second kappa shape index (κ2) is 5.97. The van der Waals surface area contributed by atoms with Gasteiger partial charge in [-0.2, -0.15) is 0 Å². The predicted octanol–water partition coefficient (Wildman–Crippen LogP) is 1.63.